The van der Waals surface area contributed by atoms with Gasteiger partial charge in [-0.25, -0.2) is 0 Å². The second kappa shape index (κ2) is 19.2. The van der Waals surface area contributed by atoms with Gasteiger partial charge in [0.05, 0.1) is 47.6 Å². The zero-order chi connectivity index (χ0) is 39.0. The molecule has 0 aromatic heterocycles. The van der Waals surface area contributed by atoms with Gasteiger partial charge in [0.15, 0.2) is 12.6 Å². The van der Waals surface area contributed by atoms with E-state index in [0.29, 0.717) is 6.42 Å². The van der Waals surface area contributed by atoms with Gasteiger partial charge in [0.25, 0.3) is 0 Å². The van der Waals surface area contributed by atoms with Gasteiger partial charge in [0.2, 0.25) is 0 Å². The first-order chi connectivity index (χ1) is 23.4. The normalized spacial score (nSPS) is 47.9. The molecule has 3 aliphatic rings. The van der Waals surface area contributed by atoms with Gasteiger partial charge in [-0.05, 0) is 74.9 Å². The van der Waals surface area contributed by atoms with Crippen molar-refractivity contribution >= 4 is 11.8 Å². The minimum Gasteiger partial charge on any atom is -0.459 e. The van der Waals surface area contributed by atoms with E-state index < -0.39 is 108 Å². The number of likely N-dealkylation sites (N-methyl/N-ethyl adjacent to an activating group) is 1. The lowest BCUT2D eigenvalue weighted by Gasteiger charge is -2.49. The molecule has 16 nitrogen and oxygen atoms in total. The number of carbonyl (C=O) groups is 2. The number of ketones is 1. The second-order valence-corrected chi connectivity index (χ2v) is 16.5. The van der Waals surface area contributed by atoms with E-state index in [9.17, 15) is 35.1 Å². The van der Waals surface area contributed by atoms with Crippen molar-refractivity contribution in [3.05, 3.63) is 0 Å². The third-order valence-corrected chi connectivity index (χ3v) is 11.8. The van der Waals surface area contributed by atoms with Crippen LogP contribution >= 0.6 is 0 Å². The first kappa shape index (κ1) is 49.6. The van der Waals surface area contributed by atoms with Crippen LogP contribution in [0.2, 0.25) is 0 Å². The molecule has 0 bridgehead atoms. The van der Waals surface area contributed by atoms with Crippen LogP contribution < -0.4 is 0 Å². The molecule has 0 aromatic carbocycles. The number of esters is 1. The number of hydrogen-bond donors (Lipinski definition) is 5. The Bertz CT molecular complexity index is 1170. The Hall–Kier alpha value is -1.38. The molecule has 314 valence electrons. The SMILES string of the molecule is CC[C@H]1OC(=O)[C@H](C)[C@@H](O[C@H]2C[C@@](C)(OC)[C@@H](O)[C@H](C)O2)[C@H](C)[C@@H](O[C@@H]2O[C@H](C)C[C@H](N(C)C)[C@H]2O)[C@](C)(O)C[C@@H](C)C(=O)[C@H](C)[C@@H](O)[C@]1(C)O.O.O. The molecule has 0 radical (unpaired) electrons. The summed E-state index contributed by atoms with van der Waals surface area (Å²) in [5.41, 5.74) is -4.84. The molecular weight excluding hydrogens is 698 g/mol. The molecular formula is C37H71NO15. The fraction of sp³-hybridized carbons (Fsp3) is 0.946. The molecule has 0 aromatic rings. The zero-order valence-electron chi connectivity index (χ0n) is 33.9. The van der Waals surface area contributed by atoms with Crippen LogP contribution in [0.3, 0.4) is 0 Å². The number of aliphatic hydroxyl groups is 5. The highest BCUT2D eigenvalue weighted by Crippen LogP contribution is 2.40. The lowest BCUT2D eigenvalue weighted by molar-refractivity contribution is -0.318. The first-order valence-corrected chi connectivity index (χ1v) is 18.5. The summed E-state index contributed by atoms with van der Waals surface area (Å²) in [6.07, 6.45) is -9.71. The quantitative estimate of drug-likeness (QED) is 0.216. The van der Waals surface area contributed by atoms with Crippen molar-refractivity contribution in [2.75, 3.05) is 21.2 Å². The molecule has 3 saturated heterocycles. The highest BCUT2D eigenvalue weighted by Gasteiger charge is 2.53. The number of Topliss-reactive ketones (excluding diaryl/α,β-unsaturated/α-hetero) is 1. The Morgan fingerprint density at radius 1 is 0.868 bits per heavy atom. The van der Waals surface area contributed by atoms with Crippen LogP contribution in [0.5, 0.6) is 0 Å². The van der Waals surface area contributed by atoms with Crippen molar-refractivity contribution in [3.8, 4) is 0 Å². The number of cyclic esters (lactones) is 1. The van der Waals surface area contributed by atoms with Crippen LogP contribution in [-0.4, -0.2) is 159 Å². The lowest BCUT2D eigenvalue weighted by Crippen LogP contribution is -2.61. The molecule has 0 amide bonds. The molecule has 0 aliphatic carbocycles. The van der Waals surface area contributed by atoms with Crippen LogP contribution in [0.25, 0.3) is 0 Å². The fourth-order valence-electron chi connectivity index (χ4n) is 8.41. The van der Waals surface area contributed by atoms with Crippen LogP contribution in [-0.2, 0) is 38.0 Å². The van der Waals surface area contributed by atoms with Crippen molar-refractivity contribution in [1.29, 1.82) is 0 Å². The minimum absolute atomic E-state index is 0. The molecule has 9 N–H and O–H groups in total. The smallest absolute Gasteiger partial charge is 0.311 e. The van der Waals surface area contributed by atoms with Gasteiger partial charge in [-0.3, -0.25) is 9.59 Å². The highest BCUT2D eigenvalue weighted by atomic mass is 16.7. The first-order valence-electron chi connectivity index (χ1n) is 18.5. The highest BCUT2D eigenvalue weighted by molar-refractivity contribution is 5.83. The molecule has 3 fully saturated rings. The Morgan fingerprint density at radius 3 is 1.98 bits per heavy atom. The number of hydrogen-bond acceptors (Lipinski definition) is 14. The van der Waals surface area contributed by atoms with E-state index in [2.05, 4.69) is 0 Å². The largest absolute Gasteiger partial charge is 0.459 e. The minimum atomic E-state index is -1.99. The Balaban J connectivity index is 0.00000702. The van der Waals surface area contributed by atoms with E-state index in [1.165, 1.54) is 27.9 Å². The number of ether oxygens (including phenoxy) is 6. The maximum atomic E-state index is 14.1. The molecule has 18 atom stereocenters. The van der Waals surface area contributed by atoms with E-state index in [1.54, 1.807) is 41.5 Å². The van der Waals surface area contributed by atoms with Gasteiger partial charge in [0.1, 0.15) is 29.7 Å². The van der Waals surface area contributed by atoms with Crippen molar-refractivity contribution in [2.24, 2.45) is 23.7 Å². The number of methoxy groups -OCH3 is 1. The zero-order valence-corrected chi connectivity index (χ0v) is 33.9. The summed E-state index contributed by atoms with van der Waals surface area (Å²) in [6.45, 7) is 16.3. The number of rotatable bonds is 7. The van der Waals surface area contributed by atoms with Crippen LogP contribution in [0, 0.1) is 23.7 Å². The average Bonchev–Trinajstić information content (AvgIpc) is 3.05. The van der Waals surface area contributed by atoms with Crippen molar-refractivity contribution in [2.45, 2.75) is 179 Å². The summed E-state index contributed by atoms with van der Waals surface area (Å²) in [5, 5.41) is 57.6. The van der Waals surface area contributed by atoms with Crippen LogP contribution in [0.15, 0.2) is 0 Å². The maximum absolute atomic E-state index is 14.1. The van der Waals surface area contributed by atoms with Crippen molar-refractivity contribution in [1.82, 2.24) is 4.90 Å². The molecule has 0 unspecified atom stereocenters. The fourth-order valence-corrected chi connectivity index (χ4v) is 8.41. The second-order valence-electron chi connectivity index (χ2n) is 16.5. The summed E-state index contributed by atoms with van der Waals surface area (Å²) in [7, 11) is 5.18. The summed E-state index contributed by atoms with van der Waals surface area (Å²) in [4.78, 5) is 29.8. The molecule has 0 saturated carbocycles. The summed E-state index contributed by atoms with van der Waals surface area (Å²) >= 11 is 0. The van der Waals surface area contributed by atoms with E-state index in [0.717, 1.165) is 0 Å². The van der Waals surface area contributed by atoms with E-state index in [1.807, 2.05) is 25.9 Å². The van der Waals surface area contributed by atoms with Gasteiger partial charge in [-0.15, -0.1) is 0 Å². The standard InChI is InChI=1S/C37H67NO13.2H2O/c1-14-25-37(10,45)30(41)20(4)27(39)18(2)16-35(8,44)32(51-34-28(40)24(38(11)12)15-19(3)47-34)21(5)29(22(6)33(43)49-25)50-26-17-36(9,46-13)31(42)23(7)48-26;;/h18-26,28-32,34,40-42,44-45H,14-17H2,1-13H3;2*1H2/t18-,19-,20+,21+,22-,23+,24+,25-,26+,28-,29+,30-,31+,32-,34+,35-,36-,37-;;/m1../s1. The Labute approximate surface area is 315 Å². The molecule has 3 heterocycles. The number of aliphatic hydroxyl groups excluding tert-OH is 3. The van der Waals surface area contributed by atoms with E-state index in [-0.39, 0.29) is 42.4 Å². The topological polar surface area (TPSA) is 257 Å². The van der Waals surface area contributed by atoms with Gasteiger partial charge < -0.3 is 69.8 Å². The molecule has 16 heteroatoms. The van der Waals surface area contributed by atoms with Crippen LogP contribution in [0.4, 0.5) is 0 Å². The maximum Gasteiger partial charge on any atom is 0.311 e. The van der Waals surface area contributed by atoms with Gasteiger partial charge in [-0.2, -0.15) is 0 Å². The average molecular weight is 770 g/mol. The van der Waals surface area contributed by atoms with Gasteiger partial charge in [-0.1, -0.05) is 27.7 Å². The lowest BCUT2D eigenvalue weighted by atomic mass is 9.74. The van der Waals surface area contributed by atoms with E-state index in [4.69, 9.17) is 28.4 Å². The Morgan fingerprint density at radius 2 is 1.45 bits per heavy atom. The monoisotopic (exact) mass is 769 g/mol. The third-order valence-electron chi connectivity index (χ3n) is 11.8. The van der Waals surface area contributed by atoms with Crippen LogP contribution in [0.1, 0.15) is 94.9 Å². The van der Waals surface area contributed by atoms with E-state index >= 15 is 0 Å². The molecule has 3 aliphatic heterocycles. The summed E-state index contributed by atoms with van der Waals surface area (Å²) in [5.74, 6) is -4.98. The predicted molar refractivity (Wildman–Crippen MR) is 193 cm³/mol. The van der Waals surface area contributed by atoms with Crippen molar-refractivity contribution < 1.29 is 74.5 Å². The summed E-state index contributed by atoms with van der Waals surface area (Å²) in [6, 6.07) is -0.324. The summed E-state index contributed by atoms with van der Waals surface area (Å²) < 4.78 is 37.1. The van der Waals surface area contributed by atoms with Crippen molar-refractivity contribution in [3.63, 3.8) is 0 Å². The third kappa shape index (κ3) is 10.7. The number of carbonyl (C=O) groups excluding carboxylic acids is 2. The number of nitrogens with zero attached hydrogens (tertiary/aromatic N) is 1. The van der Waals surface area contributed by atoms with Gasteiger partial charge >= 0.3 is 5.97 Å². The predicted octanol–water partition coefficient (Wildman–Crippen LogP) is 0.136. The molecule has 3 rings (SSSR count). The Kier molecular flexibility index (Phi) is 18.0. The molecule has 0 spiro atoms. The van der Waals surface area contributed by atoms with Gasteiger partial charge in [0, 0.05) is 37.3 Å². The molecule has 53 heavy (non-hydrogen) atoms.